The largest absolute Gasteiger partial charge is 0.489 e. The smallest absolute Gasteiger partial charge is 0.262 e. The first-order valence-electron chi connectivity index (χ1n) is 5.20. The zero-order valence-corrected chi connectivity index (χ0v) is 9.18. The van der Waals surface area contributed by atoms with Gasteiger partial charge in [-0.1, -0.05) is 0 Å². The lowest BCUT2D eigenvalue weighted by molar-refractivity contribution is 0.0226. The van der Waals surface area contributed by atoms with Crippen LogP contribution in [0.25, 0.3) is 0 Å². The van der Waals surface area contributed by atoms with Crippen LogP contribution < -0.4 is 15.2 Å². The van der Waals surface area contributed by atoms with Crippen LogP contribution >= 0.6 is 0 Å². The van der Waals surface area contributed by atoms with Gasteiger partial charge < -0.3 is 19.9 Å². The molecule has 0 amide bonds. The molecule has 0 saturated carbocycles. The number of nitrogens with zero attached hydrogens (tertiary/aromatic N) is 2. The molecular formula is C10H15N3O3. The normalized spacial score (nSPS) is 17.1. The van der Waals surface area contributed by atoms with E-state index >= 15 is 0 Å². The van der Waals surface area contributed by atoms with Gasteiger partial charge in [0, 0.05) is 12.8 Å². The summed E-state index contributed by atoms with van der Waals surface area (Å²) in [5, 5.41) is 0. The molecule has 1 aromatic heterocycles. The van der Waals surface area contributed by atoms with E-state index in [9.17, 15) is 0 Å². The molecule has 2 heterocycles. The standard InChI is InChI=1S/C10H15N3O3/c1-14-8-9(11)12-6-13-10(8)16-7-2-4-15-5-3-7/h6-7H,2-5H2,1H3,(H2,11,12,13). The second-order valence-corrected chi connectivity index (χ2v) is 3.53. The van der Waals surface area contributed by atoms with E-state index in [2.05, 4.69) is 9.97 Å². The summed E-state index contributed by atoms with van der Waals surface area (Å²) < 4.78 is 16.1. The number of ether oxygens (including phenoxy) is 3. The number of rotatable bonds is 3. The van der Waals surface area contributed by atoms with Gasteiger partial charge in [-0.3, -0.25) is 0 Å². The number of methoxy groups -OCH3 is 1. The Bertz CT molecular complexity index is 353. The number of aromatic nitrogens is 2. The molecule has 0 aromatic carbocycles. The Hall–Kier alpha value is -1.56. The summed E-state index contributed by atoms with van der Waals surface area (Å²) in [6.45, 7) is 1.43. The van der Waals surface area contributed by atoms with Crippen LogP contribution in [0.4, 0.5) is 5.82 Å². The number of nitrogens with two attached hydrogens (primary N) is 1. The Kier molecular flexibility index (Phi) is 3.40. The number of hydrogen-bond acceptors (Lipinski definition) is 6. The number of hydrogen-bond donors (Lipinski definition) is 1. The van der Waals surface area contributed by atoms with Crippen LogP contribution in [0.15, 0.2) is 6.33 Å². The Morgan fingerprint density at radius 3 is 2.81 bits per heavy atom. The van der Waals surface area contributed by atoms with E-state index in [0.29, 0.717) is 30.7 Å². The van der Waals surface area contributed by atoms with E-state index in [-0.39, 0.29) is 6.10 Å². The minimum Gasteiger partial charge on any atom is -0.489 e. The third-order valence-corrected chi connectivity index (χ3v) is 2.45. The van der Waals surface area contributed by atoms with Gasteiger partial charge in [0.25, 0.3) is 5.88 Å². The first kappa shape index (κ1) is 10.9. The van der Waals surface area contributed by atoms with Crippen molar-refractivity contribution >= 4 is 5.82 Å². The highest BCUT2D eigenvalue weighted by Crippen LogP contribution is 2.30. The second-order valence-electron chi connectivity index (χ2n) is 3.53. The second kappa shape index (κ2) is 4.98. The van der Waals surface area contributed by atoms with Crippen LogP contribution in [-0.4, -0.2) is 36.4 Å². The predicted octanol–water partition coefficient (Wildman–Crippen LogP) is 0.625. The van der Waals surface area contributed by atoms with Gasteiger partial charge in [-0.15, -0.1) is 0 Å². The molecule has 16 heavy (non-hydrogen) atoms. The monoisotopic (exact) mass is 225 g/mol. The van der Waals surface area contributed by atoms with E-state index in [1.165, 1.54) is 13.4 Å². The summed E-state index contributed by atoms with van der Waals surface area (Å²) in [6.07, 6.45) is 3.18. The van der Waals surface area contributed by atoms with Crippen LogP contribution in [0.1, 0.15) is 12.8 Å². The molecule has 0 unspecified atom stereocenters. The molecule has 1 fully saturated rings. The van der Waals surface area contributed by atoms with Crippen LogP contribution in [0.3, 0.4) is 0 Å². The maximum absolute atomic E-state index is 5.72. The first-order valence-corrected chi connectivity index (χ1v) is 5.20. The molecule has 0 atom stereocenters. The quantitative estimate of drug-likeness (QED) is 0.812. The molecule has 6 heteroatoms. The summed E-state index contributed by atoms with van der Waals surface area (Å²) in [5.41, 5.74) is 5.66. The van der Waals surface area contributed by atoms with Gasteiger partial charge in [0.05, 0.1) is 20.3 Å². The van der Waals surface area contributed by atoms with Crippen molar-refractivity contribution in [1.29, 1.82) is 0 Å². The highest BCUT2D eigenvalue weighted by Gasteiger charge is 2.19. The molecule has 0 bridgehead atoms. The van der Waals surface area contributed by atoms with Crippen LogP contribution in [0.5, 0.6) is 11.6 Å². The molecule has 0 aliphatic carbocycles. The lowest BCUT2D eigenvalue weighted by Gasteiger charge is -2.23. The summed E-state index contributed by atoms with van der Waals surface area (Å²) in [5.74, 6) is 1.09. The van der Waals surface area contributed by atoms with Crippen LogP contribution in [0, 0.1) is 0 Å². The summed E-state index contributed by atoms with van der Waals surface area (Å²) >= 11 is 0. The van der Waals surface area contributed by atoms with Crippen molar-refractivity contribution < 1.29 is 14.2 Å². The van der Waals surface area contributed by atoms with Gasteiger partial charge >= 0.3 is 0 Å². The van der Waals surface area contributed by atoms with Gasteiger partial charge in [0.1, 0.15) is 12.4 Å². The Morgan fingerprint density at radius 2 is 2.12 bits per heavy atom. The third-order valence-electron chi connectivity index (χ3n) is 2.45. The molecule has 1 aromatic rings. The fourth-order valence-corrected chi connectivity index (χ4v) is 1.60. The van der Waals surface area contributed by atoms with Crippen molar-refractivity contribution in [2.75, 3.05) is 26.1 Å². The molecule has 0 spiro atoms. The number of nitrogen functional groups attached to an aromatic ring is 1. The molecule has 2 N–H and O–H groups in total. The molecule has 0 radical (unpaired) electrons. The maximum Gasteiger partial charge on any atom is 0.262 e. The lowest BCUT2D eigenvalue weighted by Crippen LogP contribution is -2.26. The van der Waals surface area contributed by atoms with Gasteiger partial charge in [-0.2, -0.15) is 4.98 Å². The number of anilines is 1. The molecule has 2 rings (SSSR count). The minimum atomic E-state index is 0.108. The Labute approximate surface area is 93.7 Å². The van der Waals surface area contributed by atoms with Crippen molar-refractivity contribution in [2.24, 2.45) is 0 Å². The fourth-order valence-electron chi connectivity index (χ4n) is 1.60. The van der Waals surface area contributed by atoms with Crippen molar-refractivity contribution in [2.45, 2.75) is 18.9 Å². The lowest BCUT2D eigenvalue weighted by atomic mass is 10.1. The summed E-state index contributed by atoms with van der Waals surface area (Å²) in [7, 11) is 1.52. The predicted molar refractivity (Wildman–Crippen MR) is 57.5 cm³/mol. The maximum atomic E-state index is 5.72. The summed E-state index contributed by atoms with van der Waals surface area (Å²) in [4.78, 5) is 7.87. The third kappa shape index (κ3) is 2.33. The highest BCUT2D eigenvalue weighted by molar-refractivity contribution is 5.51. The van der Waals surface area contributed by atoms with Crippen molar-refractivity contribution in [3.63, 3.8) is 0 Å². The molecule has 1 aliphatic heterocycles. The average molecular weight is 225 g/mol. The van der Waals surface area contributed by atoms with Crippen LogP contribution in [-0.2, 0) is 4.74 Å². The zero-order chi connectivity index (χ0) is 11.4. The molecular weight excluding hydrogens is 210 g/mol. The van der Waals surface area contributed by atoms with Gasteiger partial charge in [0.2, 0.25) is 5.75 Å². The van der Waals surface area contributed by atoms with E-state index in [4.69, 9.17) is 19.9 Å². The molecule has 1 saturated heterocycles. The van der Waals surface area contributed by atoms with Gasteiger partial charge in [-0.05, 0) is 0 Å². The van der Waals surface area contributed by atoms with Crippen molar-refractivity contribution in [3.05, 3.63) is 6.33 Å². The van der Waals surface area contributed by atoms with E-state index in [0.717, 1.165) is 12.8 Å². The van der Waals surface area contributed by atoms with E-state index < -0.39 is 0 Å². The minimum absolute atomic E-state index is 0.108. The van der Waals surface area contributed by atoms with Crippen molar-refractivity contribution in [3.8, 4) is 11.6 Å². The fraction of sp³-hybridized carbons (Fsp3) is 0.600. The SMILES string of the molecule is COc1c(N)ncnc1OC1CCOCC1. The highest BCUT2D eigenvalue weighted by atomic mass is 16.5. The Morgan fingerprint density at radius 1 is 1.38 bits per heavy atom. The average Bonchev–Trinajstić information content (AvgIpc) is 2.31. The molecule has 88 valence electrons. The molecule has 6 nitrogen and oxygen atoms in total. The van der Waals surface area contributed by atoms with E-state index in [1.807, 2.05) is 0 Å². The Balaban J connectivity index is 2.10. The zero-order valence-electron chi connectivity index (χ0n) is 9.18. The van der Waals surface area contributed by atoms with Gasteiger partial charge in [0.15, 0.2) is 5.82 Å². The molecule has 1 aliphatic rings. The van der Waals surface area contributed by atoms with Crippen LogP contribution in [0.2, 0.25) is 0 Å². The van der Waals surface area contributed by atoms with Gasteiger partial charge in [-0.25, -0.2) is 4.98 Å². The topological polar surface area (TPSA) is 79.5 Å². The van der Waals surface area contributed by atoms with Crippen molar-refractivity contribution in [1.82, 2.24) is 9.97 Å². The van der Waals surface area contributed by atoms with E-state index in [1.54, 1.807) is 0 Å². The summed E-state index contributed by atoms with van der Waals surface area (Å²) in [6, 6.07) is 0. The first-order chi connectivity index (χ1) is 7.81.